The Morgan fingerprint density at radius 1 is 1.25 bits per heavy atom. The molecular weight excluding hydrogens is 148 g/mol. The molecule has 4 atom stereocenters. The molecule has 1 heteroatoms. The van der Waals surface area contributed by atoms with E-state index >= 15 is 0 Å². The lowest BCUT2D eigenvalue weighted by Crippen LogP contribution is -2.37. The van der Waals surface area contributed by atoms with Crippen LogP contribution in [0.3, 0.4) is 0 Å². The maximum absolute atomic E-state index is 6.09. The summed E-state index contributed by atoms with van der Waals surface area (Å²) in [6, 6.07) is 0. The van der Waals surface area contributed by atoms with Crippen molar-refractivity contribution in [3.8, 4) is 0 Å². The molecule has 0 radical (unpaired) electrons. The standard InChI is InChI=1S/C11H20O/c1-8-5-6-10(3)7-11(8,4)12-9(10)2/h8-9H,5-7H2,1-4H3/t8-,9?,10+,11?/m0/s1. The number of hydrogen-bond acceptors (Lipinski definition) is 1. The summed E-state index contributed by atoms with van der Waals surface area (Å²) >= 11 is 0. The van der Waals surface area contributed by atoms with E-state index in [9.17, 15) is 0 Å². The Hall–Kier alpha value is -0.0400. The minimum Gasteiger partial charge on any atom is -0.371 e. The minimum absolute atomic E-state index is 0.187. The molecule has 0 aromatic rings. The quantitative estimate of drug-likeness (QED) is 0.540. The van der Waals surface area contributed by atoms with Crippen molar-refractivity contribution in [3.63, 3.8) is 0 Å². The van der Waals surface area contributed by atoms with Gasteiger partial charge in [-0.15, -0.1) is 0 Å². The maximum Gasteiger partial charge on any atom is 0.0690 e. The second-order valence-corrected chi connectivity index (χ2v) is 5.34. The van der Waals surface area contributed by atoms with Crippen LogP contribution in [-0.2, 0) is 4.74 Å². The first kappa shape index (κ1) is 8.55. The van der Waals surface area contributed by atoms with E-state index in [2.05, 4.69) is 27.7 Å². The average molecular weight is 168 g/mol. The molecule has 1 saturated heterocycles. The van der Waals surface area contributed by atoms with Gasteiger partial charge in [0.2, 0.25) is 0 Å². The topological polar surface area (TPSA) is 9.23 Å². The largest absolute Gasteiger partial charge is 0.371 e. The van der Waals surface area contributed by atoms with E-state index in [0.717, 1.165) is 5.92 Å². The molecule has 1 aliphatic carbocycles. The van der Waals surface area contributed by atoms with Crippen molar-refractivity contribution < 1.29 is 4.74 Å². The summed E-state index contributed by atoms with van der Waals surface area (Å²) in [5, 5.41) is 0. The van der Waals surface area contributed by atoms with E-state index in [4.69, 9.17) is 4.74 Å². The molecule has 0 amide bonds. The van der Waals surface area contributed by atoms with Crippen LogP contribution in [-0.4, -0.2) is 11.7 Å². The van der Waals surface area contributed by atoms with Gasteiger partial charge in [-0.25, -0.2) is 0 Å². The third kappa shape index (κ3) is 0.953. The predicted octanol–water partition coefficient (Wildman–Crippen LogP) is 2.99. The van der Waals surface area contributed by atoms with Crippen molar-refractivity contribution in [1.82, 2.24) is 0 Å². The molecule has 0 spiro atoms. The summed E-state index contributed by atoms with van der Waals surface area (Å²) < 4.78 is 6.09. The lowest BCUT2D eigenvalue weighted by molar-refractivity contribution is -0.0542. The number of ether oxygens (including phenoxy) is 1. The maximum atomic E-state index is 6.09. The molecule has 0 aromatic carbocycles. The van der Waals surface area contributed by atoms with Crippen LogP contribution >= 0.6 is 0 Å². The van der Waals surface area contributed by atoms with Crippen LogP contribution in [0.25, 0.3) is 0 Å². The molecule has 2 unspecified atom stereocenters. The van der Waals surface area contributed by atoms with Crippen molar-refractivity contribution in [2.75, 3.05) is 0 Å². The van der Waals surface area contributed by atoms with Gasteiger partial charge in [0.25, 0.3) is 0 Å². The summed E-state index contributed by atoms with van der Waals surface area (Å²) in [6.07, 6.45) is 4.43. The molecule has 0 aromatic heterocycles. The number of rotatable bonds is 0. The molecule has 1 nitrogen and oxygen atoms in total. The molecule has 0 N–H and O–H groups in total. The zero-order valence-electron chi connectivity index (χ0n) is 8.68. The smallest absolute Gasteiger partial charge is 0.0690 e. The fourth-order valence-corrected chi connectivity index (χ4v) is 2.97. The summed E-state index contributed by atoms with van der Waals surface area (Å²) in [6.45, 7) is 9.24. The number of hydrogen-bond donors (Lipinski definition) is 0. The van der Waals surface area contributed by atoms with Crippen molar-refractivity contribution in [2.45, 2.75) is 58.7 Å². The molecule has 2 aliphatic rings. The highest BCUT2D eigenvalue weighted by Gasteiger charge is 2.54. The van der Waals surface area contributed by atoms with Gasteiger partial charge in [0.15, 0.2) is 0 Å². The van der Waals surface area contributed by atoms with Gasteiger partial charge >= 0.3 is 0 Å². The Kier molecular flexibility index (Phi) is 1.61. The van der Waals surface area contributed by atoms with Gasteiger partial charge in [-0.1, -0.05) is 13.8 Å². The van der Waals surface area contributed by atoms with E-state index in [1.54, 1.807) is 0 Å². The molecule has 70 valence electrons. The molecule has 12 heavy (non-hydrogen) atoms. The first-order valence-corrected chi connectivity index (χ1v) is 5.14. The Labute approximate surface area is 75.5 Å². The second kappa shape index (κ2) is 2.25. The van der Waals surface area contributed by atoms with Crippen LogP contribution in [0.4, 0.5) is 0 Å². The fraction of sp³-hybridized carbons (Fsp3) is 1.00. The zero-order valence-corrected chi connectivity index (χ0v) is 8.68. The average Bonchev–Trinajstić information content (AvgIpc) is 2.15. The Balaban J connectivity index is 2.28. The van der Waals surface area contributed by atoms with Crippen LogP contribution < -0.4 is 0 Å². The van der Waals surface area contributed by atoms with Crippen molar-refractivity contribution >= 4 is 0 Å². The monoisotopic (exact) mass is 168 g/mol. The molecule has 1 aliphatic heterocycles. The van der Waals surface area contributed by atoms with E-state index in [1.165, 1.54) is 19.3 Å². The third-order valence-electron chi connectivity index (χ3n) is 4.37. The second-order valence-electron chi connectivity index (χ2n) is 5.34. The van der Waals surface area contributed by atoms with Crippen LogP contribution in [0.1, 0.15) is 47.0 Å². The van der Waals surface area contributed by atoms with Crippen molar-refractivity contribution in [2.24, 2.45) is 11.3 Å². The predicted molar refractivity (Wildman–Crippen MR) is 50.1 cm³/mol. The summed E-state index contributed by atoms with van der Waals surface area (Å²) in [5.41, 5.74) is 0.660. The Morgan fingerprint density at radius 3 is 2.50 bits per heavy atom. The van der Waals surface area contributed by atoms with Gasteiger partial charge < -0.3 is 4.74 Å². The van der Waals surface area contributed by atoms with E-state index in [-0.39, 0.29) is 5.60 Å². The Morgan fingerprint density at radius 2 is 1.92 bits per heavy atom. The highest BCUT2D eigenvalue weighted by Crippen LogP contribution is 2.55. The fourth-order valence-electron chi connectivity index (χ4n) is 2.97. The molecule has 1 heterocycles. The van der Waals surface area contributed by atoms with Gasteiger partial charge in [0.05, 0.1) is 11.7 Å². The van der Waals surface area contributed by atoms with Crippen LogP contribution in [0.5, 0.6) is 0 Å². The van der Waals surface area contributed by atoms with Crippen molar-refractivity contribution in [3.05, 3.63) is 0 Å². The highest BCUT2D eigenvalue weighted by molar-refractivity contribution is 5.03. The normalized spacial score (nSPS) is 59.0. The van der Waals surface area contributed by atoms with Crippen LogP contribution in [0.15, 0.2) is 0 Å². The molecular formula is C11H20O. The summed E-state index contributed by atoms with van der Waals surface area (Å²) in [5.74, 6) is 0.746. The van der Waals surface area contributed by atoms with Crippen LogP contribution in [0, 0.1) is 11.3 Å². The Bertz CT molecular complexity index is 201. The van der Waals surface area contributed by atoms with Gasteiger partial charge in [0, 0.05) is 0 Å². The van der Waals surface area contributed by atoms with E-state index in [0.29, 0.717) is 11.5 Å². The van der Waals surface area contributed by atoms with Gasteiger partial charge in [0.1, 0.15) is 0 Å². The van der Waals surface area contributed by atoms with Gasteiger partial charge in [-0.3, -0.25) is 0 Å². The molecule has 2 fully saturated rings. The van der Waals surface area contributed by atoms with E-state index in [1.807, 2.05) is 0 Å². The highest BCUT2D eigenvalue weighted by atomic mass is 16.5. The first-order valence-electron chi connectivity index (χ1n) is 5.14. The van der Waals surface area contributed by atoms with Gasteiger partial charge in [-0.2, -0.15) is 0 Å². The molecule has 2 bridgehead atoms. The molecule has 2 rings (SSSR count). The minimum atomic E-state index is 0.187. The first-order chi connectivity index (χ1) is 5.46. The number of fused-ring (bicyclic) bond motifs is 2. The third-order valence-corrected chi connectivity index (χ3v) is 4.37. The van der Waals surface area contributed by atoms with E-state index < -0.39 is 0 Å². The van der Waals surface area contributed by atoms with Gasteiger partial charge in [-0.05, 0) is 44.4 Å². The molecule has 1 saturated carbocycles. The summed E-state index contributed by atoms with van der Waals surface area (Å²) in [7, 11) is 0. The summed E-state index contributed by atoms with van der Waals surface area (Å²) in [4.78, 5) is 0. The lowest BCUT2D eigenvalue weighted by atomic mass is 9.66. The van der Waals surface area contributed by atoms with Crippen LogP contribution in [0.2, 0.25) is 0 Å². The SMILES string of the molecule is CC1OC2(C)C[C@@]1(C)CC[C@@H]2C. The zero-order chi connectivity index (χ0) is 8.98. The lowest BCUT2D eigenvalue weighted by Gasteiger charge is -2.38. The van der Waals surface area contributed by atoms with Crippen molar-refractivity contribution in [1.29, 1.82) is 0 Å².